The highest BCUT2D eigenvalue weighted by atomic mass is 32.2. The number of likely N-dealkylation sites (N-methyl/N-ethyl adjacent to an activating group) is 1. The van der Waals surface area contributed by atoms with Gasteiger partial charge in [0.15, 0.2) is 0 Å². The second-order valence-electron chi connectivity index (χ2n) is 3.72. The normalized spacial score (nSPS) is 11.6. The van der Waals surface area contributed by atoms with Crippen LogP contribution in [0.5, 0.6) is 0 Å². The molecule has 6 nitrogen and oxygen atoms in total. The molecule has 0 saturated carbocycles. The molecule has 0 atom stereocenters. The van der Waals surface area contributed by atoms with Crippen LogP contribution in [0, 0.1) is 0 Å². The van der Waals surface area contributed by atoms with Gasteiger partial charge in [0.25, 0.3) is 0 Å². The Kier molecular flexibility index (Phi) is 4.08. The molecule has 4 N–H and O–H groups in total. The van der Waals surface area contributed by atoms with Gasteiger partial charge in [0.2, 0.25) is 15.9 Å². The number of benzene rings is 1. The predicted molar refractivity (Wildman–Crippen MR) is 65.3 cm³/mol. The number of carbonyl (C=O) groups excluding carboxylic acids is 1. The van der Waals surface area contributed by atoms with Crippen molar-refractivity contribution >= 4 is 21.6 Å². The third-order valence-corrected chi connectivity index (χ3v) is 3.96. The Labute approximate surface area is 100 Å². The van der Waals surface area contributed by atoms with E-state index in [9.17, 15) is 13.2 Å². The smallest absolute Gasteiger partial charge is 0.232 e. The van der Waals surface area contributed by atoms with Gasteiger partial charge in [0.05, 0.1) is 12.3 Å². The van der Waals surface area contributed by atoms with E-state index in [0.29, 0.717) is 11.3 Å². The molecule has 0 aliphatic heterocycles. The quantitative estimate of drug-likeness (QED) is 0.694. The van der Waals surface area contributed by atoms with Crippen LogP contribution >= 0.6 is 0 Å². The first-order valence-corrected chi connectivity index (χ1v) is 6.49. The summed E-state index contributed by atoms with van der Waals surface area (Å²) in [5.74, 6) is -0.870. The first-order valence-electron chi connectivity index (χ1n) is 4.88. The van der Waals surface area contributed by atoms with Crippen LogP contribution in [-0.2, 0) is 20.6 Å². The summed E-state index contributed by atoms with van der Waals surface area (Å²) in [5, 5.41) is 0. The minimum absolute atomic E-state index is 0.183. The monoisotopic (exact) mass is 257 g/mol. The average molecular weight is 257 g/mol. The van der Waals surface area contributed by atoms with Gasteiger partial charge in [-0.3, -0.25) is 4.79 Å². The van der Waals surface area contributed by atoms with Crippen molar-refractivity contribution in [2.75, 3.05) is 19.3 Å². The second kappa shape index (κ2) is 5.15. The number of amides is 1. The van der Waals surface area contributed by atoms with Crippen molar-refractivity contribution < 1.29 is 13.2 Å². The highest BCUT2D eigenvalue weighted by molar-refractivity contribution is 7.88. The number of rotatable bonds is 5. The highest BCUT2D eigenvalue weighted by Crippen LogP contribution is 2.11. The minimum atomic E-state index is -3.53. The molecule has 0 radical (unpaired) electrons. The summed E-state index contributed by atoms with van der Waals surface area (Å²) in [7, 11) is -2.21. The summed E-state index contributed by atoms with van der Waals surface area (Å²) in [4.78, 5) is 10.7. The molecule has 17 heavy (non-hydrogen) atoms. The Morgan fingerprint density at radius 3 is 2.29 bits per heavy atom. The number of hydrogen-bond donors (Lipinski definition) is 2. The number of primary amides is 1. The lowest BCUT2D eigenvalue weighted by Gasteiger charge is -2.15. The Hall–Kier alpha value is -1.60. The van der Waals surface area contributed by atoms with Crippen molar-refractivity contribution in [3.8, 4) is 0 Å². The van der Waals surface area contributed by atoms with E-state index < -0.39 is 15.9 Å². The van der Waals surface area contributed by atoms with Crippen LogP contribution in [0.4, 0.5) is 5.69 Å². The highest BCUT2D eigenvalue weighted by Gasteiger charge is 2.19. The molecule has 1 rings (SSSR count). The summed E-state index contributed by atoms with van der Waals surface area (Å²) in [5.41, 5.74) is 11.6. The van der Waals surface area contributed by atoms with Crippen molar-refractivity contribution in [1.29, 1.82) is 0 Å². The van der Waals surface area contributed by atoms with Gasteiger partial charge in [-0.1, -0.05) is 12.1 Å². The number of carbonyl (C=O) groups is 1. The van der Waals surface area contributed by atoms with Gasteiger partial charge in [0, 0.05) is 12.7 Å². The molecule has 0 bridgehead atoms. The molecule has 94 valence electrons. The summed E-state index contributed by atoms with van der Waals surface area (Å²) in [6.45, 7) is -0.322. The van der Waals surface area contributed by atoms with Crippen LogP contribution < -0.4 is 11.5 Å². The van der Waals surface area contributed by atoms with Crippen LogP contribution in [-0.4, -0.2) is 32.2 Å². The lowest BCUT2D eigenvalue weighted by molar-refractivity contribution is -0.118. The third kappa shape index (κ3) is 4.04. The van der Waals surface area contributed by atoms with Gasteiger partial charge in [-0.15, -0.1) is 0 Å². The van der Waals surface area contributed by atoms with Crippen molar-refractivity contribution in [3.63, 3.8) is 0 Å². The molecule has 1 aromatic rings. The van der Waals surface area contributed by atoms with Gasteiger partial charge in [0.1, 0.15) is 0 Å². The number of nitrogen functional groups attached to an aromatic ring is 1. The minimum Gasteiger partial charge on any atom is -0.399 e. The van der Waals surface area contributed by atoms with Crippen LogP contribution in [0.15, 0.2) is 24.3 Å². The maximum Gasteiger partial charge on any atom is 0.232 e. The lowest BCUT2D eigenvalue weighted by atomic mass is 10.2. The van der Waals surface area contributed by atoms with E-state index in [1.54, 1.807) is 24.3 Å². The Morgan fingerprint density at radius 2 is 1.82 bits per heavy atom. The van der Waals surface area contributed by atoms with Crippen molar-refractivity contribution in [2.45, 2.75) is 5.75 Å². The van der Waals surface area contributed by atoms with Gasteiger partial charge in [-0.05, 0) is 17.7 Å². The van der Waals surface area contributed by atoms with E-state index in [2.05, 4.69) is 0 Å². The lowest BCUT2D eigenvalue weighted by Crippen LogP contribution is -2.36. The second-order valence-corrected chi connectivity index (χ2v) is 5.80. The molecule has 0 aliphatic rings. The topological polar surface area (TPSA) is 106 Å². The van der Waals surface area contributed by atoms with Crippen LogP contribution in [0.1, 0.15) is 5.56 Å². The molecule has 1 aromatic carbocycles. The first kappa shape index (κ1) is 13.5. The van der Waals surface area contributed by atoms with Crippen molar-refractivity contribution in [2.24, 2.45) is 5.73 Å². The zero-order chi connectivity index (χ0) is 13.1. The molecule has 0 saturated heterocycles. The number of sulfonamides is 1. The largest absolute Gasteiger partial charge is 0.399 e. The molecule has 0 heterocycles. The number of nitrogens with two attached hydrogens (primary N) is 2. The van der Waals surface area contributed by atoms with Crippen LogP contribution in [0.25, 0.3) is 0 Å². The number of nitrogens with zero attached hydrogens (tertiary/aromatic N) is 1. The van der Waals surface area contributed by atoms with E-state index in [0.717, 1.165) is 4.31 Å². The molecule has 0 aromatic heterocycles. The van der Waals surface area contributed by atoms with E-state index >= 15 is 0 Å². The molecule has 0 unspecified atom stereocenters. The van der Waals surface area contributed by atoms with E-state index in [4.69, 9.17) is 11.5 Å². The maximum atomic E-state index is 11.8. The fraction of sp³-hybridized carbons (Fsp3) is 0.300. The average Bonchev–Trinajstić information content (AvgIpc) is 2.20. The molecular formula is C10H15N3O3S. The Morgan fingerprint density at radius 1 is 1.29 bits per heavy atom. The van der Waals surface area contributed by atoms with Gasteiger partial charge >= 0.3 is 0 Å². The molecule has 0 aliphatic carbocycles. The maximum absolute atomic E-state index is 11.8. The fourth-order valence-electron chi connectivity index (χ4n) is 1.25. The van der Waals surface area contributed by atoms with E-state index in [1.807, 2.05) is 0 Å². The fourth-order valence-corrected chi connectivity index (χ4v) is 2.41. The van der Waals surface area contributed by atoms with E-state index in [-0.39, 0.29) is 12.3 Å². The SMILES string of the molecule is CN(CC(N)=O)S(=O)(=O)Cc1ccc(N)cc1. The first-order chi connectivity index (χ1) is 7.81. The zero-order valence-corrected chi connectivity index (χ0v) is 10.3. The molecule has 1 amide bonds. The van der Waals surface area contributed by atoms with Crippen LogP contribution in [0.3, 0.4) is 0 Å². The molecule has 7 heteroatoms. The van der Waals surface area contributed by atoms with Gasteiger partial charge in [-0.2, -0.15) is 4.31 Å². The zero-order valence-electron chi connectivity index (χ0n) is 9.46. The summed E-state index contributed by atoms with van der Waals surface area (Å²) in [6.07, 6.45) is 0. The Bertz CT molecular complexity index is 496. The summed E-state index contributed by atoms with van der Waals surface area (Å²) >= 11 is 0. The molecular weight excluding hydrogens is 242 g/mol. The predicted octanol–water partition coefficient (Wildman–Crippen LogP) is -0.484. The van der Waals surface area contributed by atoms with Crippen LogP contribution in [0.2, 0.25) is 0 Å². The molecule has 0 spiro atoms. The standard InChI is InChI=1S/C10H15N3O3S/c1-13(6-10(12)14)17(15,16)7-8-2-4-9(11)5-3-8/h2-5H,6-7,11H2,1H3,(H2,12,14). The Balaban J connectivity index is 2.79. The van der Waals surface area contributed by atoms with Gasteiger partial charge < -0.3 is 11.5 Å². The van der Waals surface area contributed by atoms with Crippen molar-refractivity contribution in [1.82, 2.24) is 4.31 Å². The summed E-state index contributed by atoms with van der Waals surface area (Å²) < 4.78 is 24.6. The number of hydrogen-bond acceptors (Lipinski definition) is 4. The van der Waals surface area contributed by atoms with Gasteiger partial charge in [-0.25, -0.2) is 8.42 Å². The molecule has 0 fully saturated rings. The summed E-state index contributed by atoms with van der Waals surface area (Å²) in [6, 6.07) is 6.51. The van der Waals surface area contributed by atoms with E-state index in [1.165, 1.54) is 7.05 Å². The number of anilines is 1. The third-order valence-electron chi connectivity index (χ3n) is 2.18. The van der Waals surface area contributed by atoms with Crippen molar-refractivity contribution in [3.05, 3.63) is 29.8 Å².